The van der Waals surface area contributed by atoms with Gasteiger partial charge in [0.2, 0.25) is 11.8 Å². The Labute approximate surface area is 157 Å². The lowest BCUT2D eigenvalue weighted by Crippen LogP contribution is -2.46. The highest BCUT2D eigenvalue weighted by Crippen LogP contribution is 2.40. The topological polar surface area (TPSA) is 96.5 Å². The Morgan fingerprint density at radius 1 is 1.22 bits per heavy atom. The molecule has 0 fully saturated rings. The second-order valence-electron chi connectivity index (χ2n) is 6.68. The van der Waals surface area contributed by atoms with Crippen molar-refractivity contribution in [2.24, 2.45) is 0 Å². The summed E-state index contributed by atoms with van der Waals surface area (Å²) in [6.45, 7) is 4.96. The zero-order chi connectivity index (χ0) is 20.4. The van der Waals surface area contributed by atoms with Gasteiger partial charge in [0.15, 0.2) is 0 Å². The van der Waals surface area contributed by atoms with Crippen molar-refractivity contribution < 1.29 is 32.3 Å². The van der Waals surface area contributed by atoms with Crippen LogP contribution in [0.2, 0.25) is 0 Å². The predicted octanol–water partition coefficient (Wildman–Crippen LogP) is 3.06. The number of hydrogen-bond acceptors (Lipinski definition) is 5. The number of nitrogens with one attached hydrogen (secondary N) is 3. The van der Waals surface area contributed by atoms with Crippen molar-refractivity contribution in [1.29, 1.82) is 0 Å². The van der Waals surface area contributed by atoms with E-state index in [4.69, 9.17) is 4.74 Å². The van der Waals surface area contributed by atoms with Gasteiger partial charge in [0.1, 0.15) is 5.60 Å². The SMILES string of the molecule is CC(C)(C)OC(=O)NNC(=O)C[C@H]1Sc2ccc(C(F)(F)F)cc2NC1=O. The van der Waals surface area contributed by atoms with E-state index in [1.807, 2.05) is 0 Å². The molecule has 0 spiro atoms. The van der Waals surface area contributed by atoms with Crippen LogP contribution in [0.25, 0.3) is 0 Å². The standard InChI is InChI=1S/C16H18F3N3O4S/c1-15(2,3)26-14(25)22-21-12(23)7-11-13(24)20-9-6-8(16(17,18)19)4-5-10(9)27-11/h4-6,11H,7H2,1-3H3,(H,20,24)(H,21,23)(H,22,25)/t11-/m1/s1. The molecule has 0 unspecified atom stereocenters. The predicted molar refractivity (Wildman–Crippen MR) is 91.8 cm³/mol. The number of halogens is 3. The number of amides is 3. The Hall–Kier alpha value is -2.43. The fourth-order valence-electron chi connectivity index (χ4n) is 2.10. The van der Waals surface area contributed by atoms with Gasteiger partial charge in [-0.25, -0.2) is 10.2 Å². The largest absolute Gasteiger partial charge is 0.443 e. The molecule has 148 valence electrons. The molecule has 3 amide bonds. The van der Waals surface area contributed by atoms with Gasteiger partial charge in [-0.2, -0.15) is 13.2 Å². The van der Waals surface area contributed by atoms with Crippen LogP contribution in [-0.2, 0) is 20.5 Å². The summed E-state index contributed by atoms with van der Waals surface area (Å²) in [6.07, 6.45) is -5.66. The van der Waals surface area contributed by atoms with Crippen molar-refractivity contribution in [1.82, 2.24) is 10.9 Å². The molecule has 0 saturated carbocycles. The molecule has 0 radical (unpaired) electrons. The average molecular weight is 405 g/mol. The first-order valence-electron chi connectivity index (χ1n) is 7.82. The number of benzene rings is 1. The van der Waals surface area contributed by atoms with Crippen LogP contribution in [0.1, 0.15) is 32.8 Å². The first-order chi connectivity index (χ1) is 12.3. The molecule has 1 heterocycles. The number of carbonyl (C=O) groups is 3. The summed E-state index contributed by atoms with van der Waals surface area (Å²) in [6, 6.07) is 3.00. The molecule has 3 N–H and O–H groups in total. The van der Waals surface area contributed by atoms with Gasteiger partial charge >= 0.3 is 12.3 Å². The van der Waals surface area contributed by atoms with Crippen molar-refractivity contribution >= 4 is 35.4 Å². The molecule has 27 heavy (non-hydrogen) atoms. The minimum atomic E-state index is -4.52. The number of alkyl halides is 3. The second kappa shape index (κ2) is 7.67. The minimum absolute atomic E-state index is 0.0448. The zero-order valence-corrected chi connectivity index (χ0v) is 15.5. The fourth-order valence-corrected chi connectivity index (χ4v) is 3.20. The third-order valence-electron chi connectivity index (χ3n) is 3.20. The molecule has 7 nitrogen and oxygen atoms in total. The summed E-state index contributed by atoms with van der Waals surface area (Å²) in [5, 5.41) is 1.52. The molecule has 0 saturated heterocycles. The van der Waals surface area contributed by atoms with Crippen LogP contribution in [0, 0.1) is 0 Å². The van der Waals surface area contributed by atoms with Crippen molar-refractivity contribution in [3.05, 3.63) is 23.8 Å². The normalized spacial score (nSPS) is 16.8. The molecule has 1 aliphatic heterocycles. The zero-order valence-electron chi connectivity index (χ0n) is 14.7. The van der Waals surface area contributed by atoms with Crippen molar-refractivity contribution in [3.63, 3.8) is 0 Å². The van der Waals surface area contributed by atoms with Gasteiger partial charge in [0.05, 0.1) is 16.5 Å². The number of rotatable bonds is 2. The van der Waals surface area contributed by atoms with E-state index in [2.05, 4.69) is 16.2 Å². The van der Waals surface area contributed by atoms with Gasteiger partial charge in [-0.15, -0.1) is 11.8 Å². The summed E-state index contributed by atoms with van der Waals surface area (Å²) >= 11 is 0.973. The van der Waals surface area contributed by atoms with Gasteiger partial charge in [-0.05, 0) is 39.0 Å². The highest BCUT2D eigenvalue weighted by Gasteiger charge is 2.34. The van der Waals surface area contributed by atoms with Gasteiger partial charge in [0, 0.05) is 11.3 Å². The molecule has 2 rings (SSSR count). The first-order valence-corrected chi connectivity index (χ1v) is 8.70. The maximum absolute atomic E-state index is 12.7. The van der Waals surface area contributed by atoms with E-state index in [-0.39, 0.29) is 12.1 Å². The van der Waals surface area contributed by atoms with E-state index in [1.54, 1.807) is 20.8 Å². The van der Waals surface area contributed by atoms with Crippen molar-refractivity contribution in [2.45, 2.75) is 49.1 Å². The fraction of sp³-hybridized carbons (Fsp3) is 0.438. The third-order valence-corrected chi connectivity index (χ3v) is 4.48. The molecule has 0 bridgehead atoms. The molecule has 11 heteroatoms. The molecular formula is C16H18F3N3O4S. The molecule has 1 aromatic rings. The highest BCUT2D eigenvalue weighted by molar-refractivity contribution is 8.01. The van der Waals surface area contributed by atoms with E-state index < -0.39 is 40.5 Å². The number of carbonyl (C=O) groups excluding carboxylic acids is 3. The van der Waals surface area contributed by atoms with Crippen LogP contribution in [0.5, 0.6) is 0 Å². The molecule has 0 aromatic heterocycles. The Balaban J connectivity index is 1.94. The first kappa shape index (κ1) is 20.9. The van der Waals surface area contributed by atoms with Crippen LogP contribution >= 0.6 is 11.8 Å². The highest BCUT2D eigenvalue weighted by atomic mass is 32.2. The smallest absolute Gasteiger partial charge is 0.426 e. The third kappa shape index (κ3) is 6.05. The lowest BCUT2D eigenvalue weighted by atomic mass is 10.1. The Bertz CT molecular complexity index is 762. The number of fused-ring (bicyclic) bond motifs is 1. The summed E-state index contributed by atoms with van der Waals surface area (Å²) < 4.78 is 43.2. The van der Waals surface area contributed by atoms with Gasteiger partial charge in [-0.1, -0.05) is 0 Å². The average Bonchev–Trinajstić information content (AvgIpc) is 2.50. The van der Waals surface area contributed by atoms with Crippen molar-refractivity contribution in [2.75, 3.05) is 5.32 Å². The number of ether oxygens (including phenoxy) is 1. The van der Waals surface area contributed by atoms with E-state index >= 15 is 0 Å². The quantitative estimate of drug-likeness (QED) is 0.657. The second-order valence-corrected chi connectivity index (χ2v) is 7.93. The number of anilines is 1. The van der Waals surface area contributed by atoms with Crippen LogP contribution in [0.3, 0.4) is 0 Å². The monoisotopic (exact) mass is 405 g/mol. The van der Waals surface area contributed by atoms with E-state index in [0.717, 1.165) is 23.9 Å². The van der Waals surface area contributed by atoms with Crippen molar-refractivity contribution in [3.8, 4) is 0 Å². The number of hydrogen-bond donors (Lipinski definition) is 3. The molecule has 1 aliphatic rings. The number of hydrazine groups is 1. The molecule has 0 aliphatic carbocycles. The van der Waals surface area contributed by atoms with Crippen LogP contribution in [-0.4, -0.2) is 28.8 Å². The maximum atomic E-state index is 12.7. The van der Waals surface area contributed by atoms with Crippen LogP contribution in [0.15, 0.2) is 23.1 Å². The van der Waals surface area contributed by atoms with E-state index in [0.29, 0.717) is 4.90 Å². The number of thioether (sulfide) groups is 1. The Kier molecular flexibility index (Phi) is 5.93. The van der Waals surface area contributed by atoms with Gasteiger partial charge < -0.3 is 10.1 Å². The minimum Gasteiger partial charge on any atom is -0.443 e. The van der Waals surface area contributed by atoms with Crippen LogP contribution in [0.4, 0.5) is 23.7 Å². The molecular weight excluding hydrogens is 387 g/mol. The summed E-state index contributed by atoms with van der Waals surface area (Å²) in [5.41, 5.74) is 2.61. The molecule has 1 aromatic carbocycles. The van der Waals surface area contributed by atoms with Crippen LogP contribution < -0.4 is 16.2 Å². The lowest BCUT2D eigenvalue weighted by Gasteiger charge is -2.24. The Morgan fingerprint density at radius 2 is 1.89 bits per heavy atom. The van der Waals surface area contributed by atoms with E-state index in [1.165, 1.54) is 6.07 Å². The maximum Gasteiger partial charge on any atom is 0.426 e. The lowest BCUT2D eigenvalue weighted by molar-refractivity contribution is -0.137. The summed E-state index contributed by atoms with van der Waals surface area (Å²) in [7, 11) is 0. The summed E-state index contributed by atoms with van der Waals surface area (Å²) in [4.78, 5) is 35.9. The van der Waals surface area contributed by atoms with Gasteiger partial charge in [-0.3, -0.25) is 15.0 Å². The Morgan fingerprint density at radius 3 is 2.48 bits per heavy atom. The van der Waals surface area contributed by atoms with E-state index in [9.17, 15) is 27.6 Å². The van der Waals surface area contributed by atoms with Gasteiger partial charge in [0.25, 0.3) is 0 Å². The molecule has 1 atom stereocenters. The summed E-state index contributed by atoms with van der Waals surface area (Å²) in [5.74, 6) is -1.25.